The van der Waals surface area contributed by atoms with Crippen molar-refractivity contribution in [2.75, 3.05) is 0 Å². The van der Waals surface area contributed by atoms with Crippen LogP contribution in [-0.2, 0) is 5.41 Å². The summed E-state index contributed by atoms with van der Waals surface area (Å²) in [6.45, 7) is 8.36. The van der Waals surface area contributed by atoms with E-state index in [0.717, 1.165) is 6.42 Å². The third-order valence-corrected chi connectivity index (χ3v) is 3.15. The van der Waals surface area contributed by atoms with Crippen LogP contribution < -0.4 is 5.73 Å². The molecule has 0 radical (unpaired) electrons. The fourth-order valence-corrected chi connectivity index (χ4v) is 1.40. The van der Waals surface area contributed by atoms with E-state index in [-0.39, 0.29) is 11.1 Å². The smallest absolute Gasteiger partial charge is 0.270 e. The summed E-state index contributed by atoms with van der Waals surface area (Å²) >= 11 is 0. The van der Waals surface area contributed by atoms with E-state index in [1.807, 2.05) is 0 Å². The lowest BCUT2D eigenvalue weighted by molar-refractivity contribution is 0.0995. The fraction of sp³-hybridized carbons (Fsp3) is 0.636. The molecule has 1 rings (SSSR count). The first-order valence-corrected chi connectivity index (χ1v) is 5.15. The number of rotatable bonds is 4. The zero-order valence-electron chi connectivity index (χ0n) is 9.70. The van der Waals surface area contributed by atoms with Crippen LogP contribution in [0, 0.1) is 5.92 Å². The topological polar surface area (TPSA) is 69.1 Å². The van der Waals surface area contributed by atoms with E-state index in [9.17, 15) is 4.79 Å². The van der Waals surface area contributed by atoms with E-state index in [4.69, 9.17) is 10.2 Å². The van der Waals surface area contributed by atoms with Crippen molar-refractivity contribution in [1.29, 1.82) is 0 Å². The van der Waals surface area contributed by atoms with Gasteiger partial charge in [0.05, 0.1) is 0 Å². The summed E-state index contributed by atoms with van der Waals surface area (Å²) in [6.07, 6.45) is 2.35. The molecular formula is C11H18N2O2. The third-order valence-electron chi connectivity index (χ3n) is 3.15. The first-order valence-electron chi connectivity index (χ1n) is 5.15. The molecular weight excluding hydrogens is 192 g/mol. The van der Waals surface area contributed by atoms with Gasteiger partial charge in [-0.25, -0.2) is 4.98 Å². The predicted molar refractivity (Wildman–Crippen MR) is 57.5 cm³/mol. The summed E-state index contributed by atoms with van der Waals surface area (Å²) in [5.41, 5.74) is 5.14. The van der Waals surface area contributed by atoms with Crippen LogP contribution in [0.4, 0.5) is 0 Å². The molecule has 2 N–H and O–H groups in total. The molecule has 0 aromatic carbocycles. The average Bonchev–Trinajstić information content (AvgIpc) is 2.65. The zero-order valence-corrected chi connectivity index (χ0v) is 9.70. The zero-order chi connectivity index (χ0) is 11.6. The number of oxazole rings is 1. The van der Waals surface area contributed by atoms with Gasteiger partial charge in [-0.05, 0) is 5.92 Å². The Morgan fingerprint density at radius 1 is 1.67 bits per heavy atom. The highest BCUT2D eigenvalue weighted by atomic mass is 16.3. The van der Waals surface area contributed by atoms with Gasteiger partial charge in [0, 0.05) is 5.41 Å². The molecule has 4 nitrogen and oxygen atoms in total. The predicted octanol–water partition coefficient (Wildman–Crippen LogP) is 2.10. The van der Waals surface area contributed by atoms with Gasteiger partial charge in [-0.2, -0.15) is 0 Å². The summed E-state index contributed by atoms with van der Waals surface area (Å²) in [6, 6.07) is 0. The van der Waals surface area contributed by atoms with Gasteiger partial charge in [-0.3, -0.25) is 4.79 Å². The lowest BCUT2D eigenvalue weighted by atomic mass is 9.78. The molecule has 0 unspecified atom stereocenters. The van der Waals surface area contributed by atoms with Crippen LogP contribution in [0.15, 0.2) is 10.7 Å². The molecule has 0 aliphatic rings. The highest BCUT2D eigenvalue weighted by Crippen LogP contribution is 2.32. The summed E-state index contributed by atoms with van der Waals surface area (Å²) < 4.78 is 5.30. The minimum Gasteiger partial charge on any atom is -0.448 e. The summed E-state index contributed by atoms with van der Waals surface area (Å²) in [5.74, 6) is 0.451. The lowest BCUT2D eigenvalue weighted by Crippen LogP contribution is -2.26. The number of carbonyl (C=O) groups is 1. The van der Waals surface area contributed by atoms with Gasteiger partial charge in [0.25, 0.3) is 5.91 Å². The molecule has 1 amide bonds. The van der Waals surface area contributed by atoms with Crippen LogP contribution in [0.3, 0.4) is 0 Å². The van der Waals surface area contributed by atoms with Gasteiger partial charge in [-0.15, -0.1) is 0 Å². The van der Waals surface area contributed by atoms with E-state index in [1.165, 1.54) is 6.26 Å². The Bertz CT molecular complexity index is 355. The van der Waals surface area contributed by atoms with Crippen molar-refractivity contribution in [2.45, 2.75) is 39.5 Å². The van der Waals surface area contributed by atoms with Crippen molar-refractivity contribution in [1.82, 2.24) is 4.98 Å². The number of nitrogens with two attached hydrogens (primary N) is 1. The van der Waals surface area contributed by atoms with Gasteiger partial charge in [0.2, 0.25) is 5.89 Å². The van der Waals surface area contributed by atoms with E-state index in [0.29, 0.717) is 11.8 Å². The molecule has 4 heteroatoms. The van der Waals surface area contributed by atoms with Crippen molar-refractivity contribution in [3.8, 4) is 0 Å². The molecule has 15 heavy (non-hydrogen) atoms. The molecule has 0 bridgehead atoms. The van der Waals surface area contributed by atoms with E-state index >= 15 is 0 Å². The van der Waals surface area contributed by atoms with Crippen LogP contribution in [0.2, 0.25) is 0 Å². The Labute approximate surface area is 89.9 Å². The number of hydrogen-bond donors (Lipinski definition) is 1. The molecule has 1 atom stereocenters. The summed E-state index contributed by atoms with van der Waals surface area (Å²) in [4.78, 5) is 15.0. The van der Waals surface area contributed by atoms with Gasteiger partial charge < -0.3 is 10.2 Å². The Kier molecular flexibility index (Phi) is 3.17. The first kappa shape index (κ1) is 11.8. The van der Waals surface area contributed by atoms with Crippen LogP contribution >= 0.6 is 0 Å². The minimum absolute atomic E-state index is 0.178. The van der Waals surface area contributed by atoms with Gasteiger partial charge in [-0.1, -0.05) is 34.1 Å². The van der Waals surface area contributed by atoms with Crippen LogP contribution in [-0.4, -0.2) is 10.9 Å². The highest BCUT2D eigenvalue weighted by Gasteiger charge is 2.32. The Morgan fingerprint density at radius 3 is 2.67 bits per heavy atom. The molecule has 0 saturated heterocycles. The van der Waals surface area contributed by atoms with Crippen LogP contribution in [0.5, 0.6) is 0 Å². The maximum atomic E-state index is 10.9. The van der Waals surface area contributed by atoms with Crippen molar-refractivity contribution in [3.63, 3.8) is 0 Å². The quantitative estimate of drug-likeness (QED) is 0.827. The summed E-state index contributed by atoms with van der Waals surface area (Å²) in [7, 11) is 0. The molecule has 0 fully saturated rings. The maximum Gasteiger partial charge on any atom is 0.270 e. The van der Waals surface area contributed by atoms with E-state index in [2.05, 4.69) is 32.7 Å². The fourth-order valence-electron chi connectivity index (χ4n) is 1.40. The number of nitrogens with zero attached hydrogens (tertiary/aromatic N) is 1. The molecule has 0 aliphatic heterocycles. The molecule has 0 aliphatic carbocycles. The molecule has 1 aromatic heterocycles. The van der Waals surface area contributed by atoms with Gasteiger partial charge in [0.1, 0.15) is 6.26 Å². The SMILES string of the molecule is CC[C@H](C)C(C)(C)c1nc(C(N)=O)co1. The largest absolute Gasteiger partial charge is 0.448 e. The molecule has 84 valence electrons. The molecule has 1 heterocycles. The maximum absolute atomic E-state index is 10.9. The second-order valence-corrected chi connectivity index (χ2v) is 4.43. The number of carbonyl (C=O) groups excluding carboxylic acids is 1. The number of hydrogen-bond acceptors (Lipinski definition) is 3. The van der Waals surface area contributed by atoms with Crippen LogP contribution in [0.1, 0.15) is 50.5 Å². The second kappa shape index (κ2) is 4.04. The van der Waals surface area contributed by atoms with Crippen molar-refractivity contribution < 1.29 is 9.21 Å². The minimum atomic E-state index is -0.551. The molecule has 0 saturated carbocycles. The Hall–Kier alpha value is -1.32. The van der Waals surface area contributed by atoms with Crippen LogP contribution in [0.25, 0.3) is 0 Å². The number of primary amides is 1. The van der Waals surface area contributed by atoms with E-state index in [1.54, 1.807) is 0 Å². The third kappa shape index (κ3) is 2.19. The molecule has 1 aromatic rings. The number of amides is 1. The first-order chi connectivity index (χ1) is 6.89. The van der Waals surface area contributed by atoms with Crippen molar-refractivity contribution in [2.24, 2.45) is 11.7 Å². The monoisotopic (exact) mass is 210 g/mol. The normalized spacial score (nSPS) is 13.9. The van der Waals surface area contributed by atoms with Crippen molar-refractivity contribution in [3.05, 3.63) is 17.8 Å². The lowest BCUT2D eigenvalue weighted by Gasteiger charge is -2.27. The van der Waals surface area contributed by atoms with E-state index < -0.39 is 5.91 Å². The Morgan fingerprint density at radius 2 is 2.27 bits per heavy atom. The standard InChI is InChI=1S/C11H18N2O2/c1-5-7(2)11(3,4)10-13-8(6-15-10)9(12)14/h6-7H,5H2,1-4H3,(H2,12,14)/t7-/m0/s1. The molecule has 0 spiro atoms. The van der Waals surface area contributed by atoms with Gasteiger partial charge >= 0.3 is 0 Å². The number of aromatic nitrogens is 1. The second-order valence-electron chi connectivity index (χ2n) is 4.43. The van der Waals surface area contributed by atoms with Crippen molar-refractivity contribution >= 4 is 5.91 Å². The Balaban J connectivity index is 3.00. The average molecular weight is 210 g/mol. The van der Waals surface area contributed by atoms with Gasteiger partial charge in [0.15, 0.2) is 5.69 Å². The summed E-state index contributed by atoms with van der Waals surface area (Å²) in [5, 5.41) is 0. The highest BCUT2D eigenvalue weighted by molar-refractivity contribution is 5.90.